The number of phenols is 2. The van der Waals surface area contributed by atoms with Crippen LogP contribution in [-0.4, -0.2) is 42.3 Å². The van der Waals surface area contributed by atoms with Gasteiger partial charge in [-0.3, -0.25) is 0 Å². The minimum absolute atomic E-state index is 0.0783. The van der Waals surface area contributed by atoms with Crippen LogP contribution in [0.4, 0.5) is 11.4 Å². The van der Waals surface area contributed by atoms with E-state index >= 15 is 0 Å². The maximum Gasteiger partial charge on any atom is 0.182 e. The Kier molecular flexibility index (Phi) is 4.62. The van der Waals surface area contributed by atoms with Gasteiger partial charge in [0.25, 0.3) is 0 Å². The Bertz CT molecular complexity index is 737. The molecule has 0 unspecified atom stereocenters. The van der Waals surface area contributed by atoms with Gasteiger partial charge in [-0.15, -0.1) is 0 Å². The minimum Gasteiger partial charge on any atom is -0.504 e. The van der Waals surface area contributed by atoms with Crippen LogP contribution in [0.5, 0.6) is 11.5 Å². The van der Waals surface area contributed by atoms with Crippen molar-refractivity contribution in [2.24, 2.45) is 0 Å². The summed E-state index contributed by atoms with van der Waals surface area (Å²) in [6.45, 7) is 1.67. The van der Waals surface area contributed by atoms with Gasteiger partial charge in [0, 0.05) is 21.4 Å². The fourth-order valence-corrected chi connectivity index (χ4v) is 3.95. The predicted molar refractivity (Wildman–Crippen MR) is 95.5 cm³/mol. The number of rotatable bonds is 4. The number of nitrogens with zero attached hydrogens (tertiary/aromatic N) is 2. The molecule has 0 bridgehead atoms. The summed E-state index contributed by atoms with van der Waals surface area (Å²) in [7, 11) is 4.07. The molecule has 3 rings (SSSR count). The first-order valence-corrected chi connectivity index (χ1v) is 8.61. The van der Waals surface area contributed by atoms with E-state index in [4.69, 9.17) is 11.6 Å². The van der Waals surface area contributed by atoms with Gasteiger partial charge in [-0.05, 0) is 57.4 Å². The van der Waals surface area contributed by atoms with E-state index in [0.29, 0.717) is 10.7 Å². The zero-order valence-corrected chi connectivity index (χ0v) is 14.7. The Hall–Kier alpha value is -1.56. The molecule has 2 aromatic carbocycles. The lowest BCUT2D eigenvalue weighted by Gasteiger charge is -2.33. The molecule has 0 radical (unpaired) electrons. The summed E-state index contributed by atoms with van der Waals surface area (Å²) < 4.78 is 0. The molecule has 2 aromatic rings. The Morgan fingerprint density at radius 3 is 2.61 bits per heavy atom. The van der Waals surface area contributed by atoms with Crippen LogP contribution in [0.25, 0.3) is 0 Å². The molecule has 6 heteroatoms. The standard InChI is InChI=1S/C17H19ClN2O2S/c1-19(2)8-3-9-20-12-10-11(18)4-6-14(12)23-15-7-5-13(21)17(22)16(15)20/h4-7,10,21-22H,3,8-9H2,1-2H3. The fraction of sp³-hybridized carbons (Fsp3) is 0.294. The molecule has 0 fully saturated rings. The molecule has 0 saturated heterocycles. The number of aromatic hydroxyl groups is 2. The predicted octanol–water partition coefficient (Wildman–Crippen LogP) is 4.31. The van der Waals surface area contributed by atoms with Crippen LogP contribution in [0, 0.1) is 0 Å². The average molecular weight is 351 g/mol. The van der Waals surface area contributed by atoms with E-state index in [1.165, 1.54) is 6.07 Å². The van der Waals surface area contributed by atoms with Gasteiger partial charge in [-0.25, -0.2) is 0 Å². The number of hydrogen-bond acceptors (Lipinski definition) is 5. The molecule has 0 spiro atoms. The molecule has 1 aliphatic rings. The highest BCUT2D eigenvalue weighted by Gasteiger charge is 2.27. The van der Waals surface area contributed by atoms with Crippen molar-refractivity contribution in [3.63, 3.8) is 0 Å². The lowest BCUT2D eigenvalue weighted by molar-refractivity contribution is 0.396. The Morgan fingerprint density at radius 2 is 1.87 bits per heavy atom. The van der Waals surface area contributed by atoms with Gasteiger partial charge < -0.3 is 20.0 Å². The molecule has 2 N–H and O–H groups in total. The molecule has 1 aliphatic heterocycles. The molecule has 0 atom stereocenters. The van der Waals surface area contributed by atoms with Gasteiger partial charge in [-0.1, -0.05) is 23.4 Å². The summed E-state index contributed by atoms with van der Waals surface area (Å²) in [4.78, 5) is 6.20. The lowest BCUT2D eigenvalue weighted by atomic mass is 10.2. The molecule has 23 heavy (non-hydrogen) atoms. The van der Waals surface area contributed by atoms with Crippen LogP contribution in [0.3, 0.4) is 0 Å². The minimum atomic E-state index is -0.104. The number of anilines is 2. The second kappa shape index (κ2) is 6.51. The fourth-order valence-electron chi connectivity index (χ4n) is 2.70. The van der Waals surface area contributed by atoms with E-state index < -0.39 is 0 Å². The monoisotopic (exact) mass is 350 g/mol. The molecule has 0 aromatic heterocycles. The highest BCUT2D eigenvalue weighted by molar-refractivity contribution is 7.99. The number of fused-ring (bicyclic) bond motifs is 2. The van der Waals surface area contributed by atoms with Crippen molar-refractivity contribution in [3.8, 4) is 11.5 Å². The van der Waals surface area contributed by atoms with Crippen molar-refractivity contribution in [3.05, 3.63) is 35.4 Å². The van der Waals surface area contributed by atoms with E-state index in [-0.39, 0.29) is 11.5 Å². The third kappa shape index (κ3) is 3.22. The van der Waals surface area contributed by atoms with E-state index in [0.717, 1.165) is 35.0 Å². The molecule has 0 amide bonds. The van der Waals surface area contributed by atoms with Crippen molar-refractivity contribution < 1.29 is 10.2 Å². The molecule has 122 valence electrons. The van der Waals surface area contributed by atoms with Crippen molar-refractivity contribution >= 4 is 34.7 Å². The average Bonchev–Trinajstić information content (AvgIpc) is 2.50. The van der Waals surface area contributed by atoms with Crippen molar-refractivity contribution in [1.82, 2.24) is 4.90 Å². The number of halogens is 1. The summed E-state index contributed by atoms with van der Waals surface area (Å²) in [6.07, 6.45) is 0.929. The topological polar surface area (TPSA) is 46.9 Å². The van der Waals surface area contributed by atoms with E-state index in [1.54, 1.807) is 11.8 Å². The van der Waals surface area contributed by atoms with Gasteiger partial charge in [0.05, 0.1) is 5.69 Å². The van der Waals surface area contributed by atoms with Gasteiger partial charge in [0.1, 0.15) is 5.69 Å². The van der Waals surface area contributed by atoms with Crippen LogP contribution in [0.1, 0.15) is 6.42 Å². The van der Waals surface area contributed by atoms with Crippen molar-refractivity contribution in [2.45, 2.75) is 16.2 Å². The molecule has 4 nitrogen and oxygen atoms in total. The lowest BCUT2D eigenvalue weighted by Crippen LogP contribution is -2.25. The number of benzene rings is 2. The van der Waals surface area contributed by atoms with Crippen molar-refractivity contribution in [1.29, 1.82) is 0 Å². The van der Waals surface area contributed by atoms with Crippen LogP contribution in [0.15, 0.2) is 40.1 Å². The summed E-state index contributed by atoms with van der Waals surface area (Å²) in [5.74, 6) is -0.182. The summed E-state index contributed by atoms with van der Waals surface area (Å²) in [6, 6.07) is 9.14. The Balaban J connectivity index is 2.04. The number of phenolic OH excluding ortho intramolecular Hbond substituents is 2. The zero-order valence-electron chi connectivity index (χ0n) is 13.1. The summed E-state index contributed by atoms with van der Waals surface area (Å²) in [5, 5.41) is 20.9. The maximum atomic E-state index is 10.4. The third-order valence-corrected chi connectivity index (χ3v) is 5.13. The Labute approximate surface area is 145 Å². The number of hydrogen-bond donors (Lipinski definition) is 2. The SMILES string of the molecule is CN(C)CCCN1c2cc(Cl)ccc2Sc2ccc(O)c(O)c21. The normalized spacial score (nSPS) is 13.1. The van der Waals surface area contributed by atoms with Crippen LogP contribution < -0.4 is 4.90 Å². The second-order valence-electron chi connectivity index (χ2n) is 5.80. The van der Waals surface area contributed by atoms with E-state index in [2.05, 4.69) is 4.90 Å². The van der Waals surface area contributed by atoms with Gasteiger partial charge in [0.2, 0.25) is 0 Å². The second-order valence-corrected chi connectivity index (χ2v) is 7.32. The zero-order chi connectivity index (χ0) is 16.6. The summed E-state index contributed by atoms with van der Waals surface area (Å²) >= 11 is 7.74. The highest BCUT2D eigenvalue weighted by Crippen LogP contribution is 2.54. The first-order valence-electron chi connectivity index (χ1n) is 7.42. The molecule has 1 heterocycles. The highest BCUT2D eigenvalue weighted by atomic mass is 35.5. The first kappa shape index (κ1) is 16.3. The first-order chi connectivity index (χ1) is 11.0. The van der Waals surface area contributed by atoms with Crippen LogP contribution >= 0.6 is 23.4 Å². The molecular formula is C17H19ClN2O2S. The summed E-state index contributed by atoms with van der Waals surface area (Å²) in [5.41, 5.74) is 1.62. The van der Waals surface area contributed by atoms with E-state index in [1.807, 2.05) is 43.3 Å². The Morgan fingerprint density at radius 1 is 1.13 bits per heavy atom. The van der Waals surface area contributed by atoms with E-state index in [9.17, 15) is 10.2 Å². The van der Waals surface area contributed by atoms with Crippen LogP contribution in [-0.2, 0) is 0 Å². The third-order valence-electron chi connectivity index (χ3n) is 3.78. The molecule has 0 saturated carbocycles. The van der Waals surface area contributed by atoms with Gasteiger partial charge in [-0.2, -0.15) is 0 Å². The van der Waals surface area contributed by atoms with Gasteiger partial charge in [0.15, 0.2) is 11.5 Å². The van der Waals surface area contributed by atoms with Crippen LogP contribution in [0.2, 0.25) is 5.02 Å². The smallest absolute Gasteiger partial charge is 0.182 e. The largest absolute Gasteiger partial charge is 0.504 e. The molecular weight excluding hydrogens is 332 g/mol. The maximum absolute atomic E-state index is 10.4. The quantitative estimate of drug-likeness (QED) is 0.805. The van der Waals surface area contributed by atoms with Crippen molar-refractivity contribution in [2.75, 3.05) is 32.1 Å². The van der Waals surface area contributed by atoms with Gasteiger partial charge >= 0.3 is 0 Å². The molecule has 0 aliphatic carbocycles.